The van der Waals surface area contributed by atoms with E-state index in [-0.39, 0.29) is 5.78 Å². The molecule has 0 aliphatic heterocycles. The van der Waals surface area contributed by atoms with Gasteiger partial charge in [-0.1, -0.05) is 80.1 Å². The SMILES string of the molecule is CCCCc1ccc2c3c(C(N)=O)cccc3n(Cc3cccc(C(=O)c4ccccc4)c3)c2c1. The molecule has 2 N–H and O–H groups in total. The highest BCUT2D eigenvalue weighted by atomic mass is 16.1. The number of ketones is 1. The molecule has 0 fully saturated rings. The van der Waals surface area contributed by atoms with E-state index in [9.17, 15) is 9.59 Å². The van der Waals surface area contributed by atoms with Crippen molar-refractivity contribution < 1.29 is 9.59 Å². The van der Waals surface area contributed by atoms with E-state index >= 15 is 0 Å². The Morgan fingerprint density at radius 3 is 2.31 bits per heavy atom. The van der Waals surface area contributed by atoms with E-state index in [0.717, 1.165) is 46.6 Å². The van der Waals surface area contributed by atoms with Crippen LogP contribution >= 0.6 is 0 Å². The molecule has 4 aromatic carbocycles. The third kappa shape index (κ3) is 4.35. The summed E-state index contributed by atoms with van der Waals surface area (Å²) in [5.41, 5.74) is 11.9. The van der Waals surface area contributed by atoms with Crippen LogP contribution in [0.5, 0.6) is 0 Å². The maximum absolute atomic E-state index is 13.0. The number of nitrogens with two attached hydrogens (primary N) is 1. The first-order chi connectivity index (χ1) is 17.1. The van der Waals surface area contributed by atoms with Crippen molar-refractivity contribution in [3.8, 4) is 0 Å². The Kier molecular flexibility index (Phi) is 6.19. The number of fused-ring (bicyclic) bond motifs is 3. The molecule has 35 heavy (non-hydrogen) atoms. The average molecular weight is 461 g/mol. The second-order valence-corrected chi connectivity index (χ2v) is 9.00. The summed E-state index contributed by atoms with van der Waals surface area (Å²) < 4.78 is 2.23. The van der Waals surface area contributed by atoms with E-state index in [1.54, 1.807) is 6.07 Å². The fraction of sp³-hybridized carbons (Fsp3) is 0.161. The number of nitrogens with zero attached hydrogens (tertiary/aromatic N) is 1. The lowest BCUT2D eigenvalue weighted by Gasteiger charge is -2.10. The Morgan fingerprint density at radius 2 is 1.54 bits per heavy atom. The number of aryl methyl sites for hydroxylation is 1. The molecule has 174 valence electrons. The van der Waals surface area contributed by atoms with Gasteiger partial charge in [0.15, 0.2) is 5.78 Å². The van der Waals surface area contributed by atoms with Crippen molar-refractivity contribution >= 4 is 33.5 Å². The van der Waals surface area contributed by atoms with Gasteiger partial charge in [-0.25, -0.2) is 0 Å². The first-order valence-electron chi connectivity index (χ1n) is 12.1. The summed E-state index contributed by atoms with van der Waals surface area (Å²) in [7, 11) is 0. The normalized spacial score (nSPS) is 11.2. The van der Waals surface area contributed by atoms with Gasteiger partial charge >= 0.3 is 0 Å². The topological polar surface area (TPSA) is 65.1 Å². The molecule has 0 spiro atoms. The molecule has 0 atom stereocenters. The van der Waals surface area contributed by atoms with Gasteiger partial charge in [-0.2, -0.15) is 0 Å². The summed E-state index contributed by atoms with van der Waals surface area (Å²) >= 11 is 0. The Balaban J connectivity index is 1.63. The van der Waals surface area contributed by atoms with Crippen LogP contribution in [0, 0.1) is 0 Å². The molecule has 1 heterocycles. The zero-order valence-corrected chi connectivity index (χ0v) is 19.8. The minimum Gasteiger partial charge on any atom is -0.366 e. The van der Waals surface area contributed by atoms with Crippen LogP contribution in [0.25, 0.3) is 21.8 Å². The second kappa shape index (κ2) is 9.59. The van der Waals surface area contributed by atoms with Gasteiger partial charge in [0.05, 0.1) is 5.52 Å². The molecule has 0 radical (unpaired) electrons. The molecule has 0 unspecified atom stereocenters. The van der Waals surface area contributed by atoms with E-state index in [4.69, 9.17) is 5.73 Å². The summed E-state index contributed by atoms with van der Waals surface area (Å²) in [5.74, 6) is -0.423. The molecule has 5 aromatic rings. The first kappa shape index (κ1) is 22.6. The van der Waals surface area contributed by atoms with Gasteiger partial charge < -0.3 is 10.3 Å². The predicted octanol–water partition coefficient (Wildman–Crippen LogP) is 6.52. The number of benzene rings is 4. The molecule has 1 aromatic heterocycles. The van der Waals surface area contributed by atoms with Gasteiger partial charge in [0.25, 0.3) is 0 Å². The van der Waals surface area contributed by atoms with Crippen molar-refractivity contribution in [1.82, 2.24) is 4.57 Å². The van der Waals surface area contributed by atoms with Crippen LogP contribution in [-0.2, 0) is 13.0 Å². The predicted molar refractivity (Wildman–Crippen MR) is 142 cm³/mol. The summed E-state index contributed by atoms with van der Waals surface area (Å²) in [4.78, 5) is 25.3. The minimum atomic E-state index is -0.430. The maximum Gasteiger partial charge on any atom is 0.249 e. The lowest BCUT2D eigenvalue weighted by Crippen LogP contribution is -2.11. The van der Waals surface area contributed by atoms with Gasteiger partial charge in [-0.15, -0.1) is 0 Å². The maximum atomic E-state index is 13.0. The molecule has 0 saturated carbocycles. The fourth-order valence-electron chi connectivity index (χ4n) is 4.85. The number of unbranched alkanes of at least 4 members (excludes halogenated alkanes) is 1. The molecule has 4 nitrogen and oxygen atoms in total. The zero-order valence-electron chi connectivity index (χ0n) is 19.8. The molecular formula is C31H28N2O2. The monoisotopic (exact) mass is 460 g/mol. The van der Waals surface area contributed by atoms with Crippen molar-refractivity contribution in [1.29, 1.82) is 0 Å². The third-order valence-corrected chi connectivity index (χ3v) is 6.61. The van der Waals surface area contributed by atoms with Crippen LogP contribution in [0.15, 0.2) is 91.0 Å². The molecular weight excluding hydrogens is 432 g/mol. The average Bonchev–Trinajstić information content (AvgIpc) is 3.20. The third-order valence-electron chi connectivity index (χ3n) is 6.61. The van der Waals surface area contributed by atoms with E-state index in [0.29, 0.717) is 23.2 Å². The summed E-state index contributed by atoms with van der Waals surface area (Å²) in [5, 5.41) is 1.90. The summed E-state index contributed by atoms with van der Waals surface area (Å²) in [6.45, 7) is 2.77. The van der Waals surface area contributed by atoms with Crippen molar-refractivity contribution in [2.75, 3.05) is 0 Å². The van der Waals surface area contributed by atoms with Crippen molar-refractivity contribution in [3.63, 3.8) is 0 Å². The number of primary amides is 1. The standard InChI is InChI=1S/C31H28N2O2/c1-2-3-9-21-16-17-25-28(19-21)33(27-15-8-14-26(29(25)27)31(32)35)20-22-10-7-13-24(18-22)30(34)23-11-5-4-6-12-23/h4-8,10-19H,2-3,9,20H2,1H3,(H2,32,35). The summed E-state index contributed by atoms with van der Waals surface area (Å²) in [6.07, 6.45) is 3.27. The molecule has 0 bridgehead atoms. The number of rotatable bonds is 8. The smallest absolute Gasteiger partial charge is 0.249 e. The van der Waals surface area contributed by atoms with E-state index in [2.05, 4.69) is 29.7 Å². The number of hydrogen-bond acceptors (Lipinski definition) is 2. The first-order valence-corrected chi connectivity index (χ1v) is 12.1. The lowest BCUT2D eigenvalue weighted by atomic mass is 10.0. The molecule has 0 saturated heterocycles. The van der Waals surface area contributed by atoms with Crippen LogP contribution in [0.3, 0.4) is 0 Å². The number of carbonyl (C=O) groups is 2. The minimum absolute atomic E-state index is 0.00698. The number of hydrogen-bond donors (Lipinski definition) is 1. The van der Waals surface area contributed by atoms with Crippen LogP contribution < -0.4 is 5.73 Å². The Hall–Kier alpha value is -4.18. The largest absolute Gasteiger partial charge is 0.366 e. The van der Waals surface area contributed by atoms with E-state index in [1.165, 1.54) is 5.56 Å². The van der Waals surface area contributed by atoms with Gasteiger partial charge in [-0.3, -0.25) is 9.59 Å². The number of amides is 1. The summed E-state index contributed by atoms with van der Waals surface area (Å²) in [6, 6.07) is 29.3. The van der Waals surface area contributed by atoms with E-state index < -0.39 is 5.91 Å². The Labute approximate surface area is 205 Å². The van der Waals surface area contributed by atoms with Crippen LogP contribution in [0.1, 0.15) is 57.2 Å². The number of carbonyl (C=O) groups excluding carboxylic acids is 2. The lowest BCUT2D eigenvalue weighted by molar-refractivity contribution is 0.1000. The van der Waals surface area contributed by atoms with Crippen LogP contribution in [0.4, 0.5) is 0 Å². The van der Waals surface area contributed by atoms with Crippen molar-refractivity contribution in [2.45, 2.75) is 32.7 Å². The highest BCUT2D eigenvalue weighted by Crippen LogP contribution is 2.33. The van der Waals surface area contributed by atoms with Gasteiger partial charge in [0.1, 0.15) is 0 Å². The van der Waals surface area contributed by atoms with Gasteiger partial charge in [0.2, 0.25) is 5.91 Å². The second-order valence-electron chi connectivity index (χ2n) is 9.00. The zero-order chi connectivity index (χ0) is 24.4. The van der Waals surface area contributed by atoms with Crippen molar-refractivity contribution in [3.05, 3.63) is 119 Å². The highest BCUT2D eigenvalue weighted by molar-refractivity contribution is 6.18. The molecule has 0 aliphatic rings. The van der Waals surface area contributed by atoms with Crippen molar-refractivity contribution in [2.24, 2.45) is 5.73 Å². The molecule has 0 aliphatic carbocycles. The molecule has 1 amide bonds. The Morgan fingerprint density at radius 1 is 0.771 bits per heavy atom. The number of aromatic nitrogens is 1. The highest BCUT2D eigenvalue weighted by Gasteiger charge is 2.17. The molecule has 5 rings (SSSR count). The van der Waals surface area contributed by atoms with Gasteiger partial charge in [0, 0.05) is 39.5 Å². The Bertz CT molecular complexity index is 1550. The molecule has 4 heteroatoms. The van der Waals surface area contributed by atoms with E-state index in [1.807, 2.05) is 66.7 Å². The fourth-order valence-corrected chi connectivity index (χ4v) is 4.85. The van der Waals surface area contributed by atoms with Gasteiger partial charge in [-0.05, 0) is 48.2 Å². The van der Waals surface area contributed by atoms with Crippen LogP contribution in [0.2, 0.25) is 0 Å². The quantitative estimate of drug-likeness (QED) is 0.268. The van der Waals surface area contributed by atoms with Crippen LogP contribution in [-0.4, -0.2) is 16.3 Å².